The molecule has 1 aliphatic carbocycles. The minimum atomic E-state index is -0.631. The number of nitrogens with one attached hydrogen (secondary N) is 3. The predicted octanol–water partition coefficient (Wildman–Crippen LogP) is 6.52. The Labute approximate surface area is 353 Å². The summed E-state index contributed by atoms with van der Waals surface area (Å²) in [6, 6.07) is 18.7. The van der Waals surface area contributed by atoms with Crippen LogP contribution in [0, 0.1) is 6.92 Å². The average molecular weight is 826 g/mol. The fourth-order valence-electron chi connectivity index (χ4n) is 8.89. The first-order valence-corrected chi connectivity index (χ1v) is 21.0. The van der Waals surface area contributed by atoms with Crippen molar-refractivity contribution in [2.45, 2.75) is 89.8 Å². The van der Waals surface area contributed by atoms with Crippen molar-refractivity contribution in [3.8, 4) is 22.8 Å². The van der Waals surface area contributed by atoms with Gasteiger partial charge in [0.15, 0.2) is 11.9 Å². The number of amides is 3. The number of piperazine rings is 1. The van der Waals surface area contributed by atoms with E-state index in [1.807, 2.05) is 58.9 Å². The molecular formula is C46H51N9O6. The molecule has 5 heterocycles. The van der Waals surface area contributed by atoms with Crippen molar-refractivity contribution < 1.29 is 28.4 Å². The largest absolute Gasteiger partial charge is 0.495 e. The van der Waals surface area contributed by atoms with E-state index in [0.29, 0.717) is 36.4 Å². The SMILES string of the molecule is COc1cc2c(cc1N1CCN(C3CC(c4ccc(O[C@@H]5CCC(=O)NC5=O)cc4)C3)CC1)[nH]c1ncnc(-c3ccc([C@@H](C)NC(=O)c4nc(C(C)(C)C)no4)c(C)c3)c12. The number of ether oxygens (including phenoxy) is 2. The van der Waals surface area contributed by atoms with Crippen LogP contribution in [0.2, 0.25) is 0 Å². The Morgan fingerprint density at radius 2 is 1.77 bits per heavy atom. The number of aryl methyl sites for hydroxylation is 1. The van der Waals surface area contributed by atoms with Crippen molar-refractivity contribution in [3.63, 3.8) is 0 Å². The zero-order chi connectivity index (χ0) is 42.6. The third-order valence-electron chi connectivity index (χ3n) is 12.4. The van der Waals surface area contributed by atoms with Gasteiger partial charge in [-0.1, -0.05) is 50.2 Å². The van der Waals surface area contributed by atoms with Crippen LogP contribution >= 0.6 is 0 Å². The summed E-state index contributed by atoms with van der Waals surface area (Å²) in [4.78, 5) is 58.9. The number of methoxy groups -OCH3 is 1. The average Bonchev–Trinajstić information content (AvgIpc) is 3.88. The van der Waals surface area contributed by atoms with E-state index in [2.05, 4.69) is 70.9 Å². The Balaban J connectivity index is 0.848. The van der Waals surface area contributed by atoms with Crippen molar-refractivity contribution in [2.24, 2.45) is 0 Å². The highest BCUT2D eigenvalue weighted by molar-refractivity contribution is 6.13. The van der Waals surface area contributed by atoms with Crippen LogP contribution in [0.5, 0.6) is 11.5 Å². The van der Waals surface area contributed by atoms with Crippen LogP contribution in [0.25, 0.3) is 33.2 Å². The Kier molecular flexibility index (Phi) is 10.5. The lowest BCUT2D eigenvalue weighted by molar-refractivity contribution is -0.138. The quantitative estimate of drug-likeness (QED) is 0.128. The van der Waals surface area contributed by atoms with E-state index in [-0.39, 0.29) is 29.2 Å². The van der Waals surface area contributed by atoms with Gasteiger partial charge in [0.1, 0.15) is 23.5 Å². The summed E-state index contributed by atoms with van der Waals surface area (Å²) in [5.41, 5.74) is 7.43. The van der Waals surface area contributed by atoms with Gasteiger partial charge >= 0.3 is 11.8 Å². The lowest BCUT2D eigenvalue weighted by Gasteiger charge is -2.47. The van der Waals surface area contributed by atoms with E-state index >= 15 is 0 Å². The summed E-state index contributed by atoms with van der Waals surface area (Å²) in [5, 5.41) is 11.2. The second-order valence-electron chi connectivity index (χ2n) is 17.6. The summed E-state index contributed by atoms with van der Waals surface area (Å²) < 4.78 is 17.2. The van der Waals surface area contributed by atoms with Gasteiger partial charge in [-0.2, -0.15) is 4.98 Å². The van der Waals surface area contributed by atoms with Crippen LogP contribution < -0.4 is 25.0 Å². The summed E-state index contributed by atoms with van der Waals surface area (Å²) >= 11 is 0. The smallest absolute Gasteiger partial charge is 0.315 e. The molecule has 3 N–H and O–H groups in total. The first-order valence-electron chi connectivity index (χ1n) is 21.0. The Bertz CT molecular complexity index is 2630. The summed E-state index contributed by atoms with van der Waals surface area (Å²) in [5.74, 6) is 1.34. The lowest BCUT2D eigenvalue weighted by Crippen LogP contribution is -2.53. The molecule has 2 saturated heterocycles. The molecule has 2 aliphatic heterocycles. The lowest BCUT2D eigenvalue weighted by atomic mass is 9.75. The molecule has 0 radical (unpaired) electrons. The first-order chi connectivity index (χ1) is 29.3. The van der Waals surface area contributed by atoms with Crippen LogP contribution in [0.1, 0.15) is 98.5 Å². The molecule has 6 aromatic rings. The molecule has 3 amide bonds. The van der Waals surface area contributed by atoms with Gasteiger partial charge in [0, 0.05) is 61.4 Å². The molecule has 3 aromatic carbocycles. The number of anilines is 1. The zero-order valence-electron chi connectivity index (χ0n) is 35.4. The molecule has 0 bridgehead atoms. The summed E-state index contributed by atoms with van der Waals surface area (Å²) in [7, 11) is 1.72. The molecule has 3 aliphatic rings. The van der Waals surface area contributed by atoms with Gasteiger partial charge in [0.2, 0.25) is 5.91 Å². The molecule has 15 heteroatoms. The van der Waals surface area contributed by atoms with Crippen LogP contribution in [0.3, 0.4) is 0 Å². The summed E-state index contributed by atoms with van der Waals surface area (Å²) in [6.45, 7) is 13.6. The second-order valence-corrected chi connectivity index (χ2v) is 17.6. The highest BCUT2D eigenvalue weighted by Crippen LogP contribution is 2.43. The zero-order valence-corrected chi connectivity index (χ0v) is 35.4. The number of hydrogen-bond acceptors (Lipinski definition) is 12. The fourth-order valence-corrected chi connectivity index (χ4v) is 8.89. The molecule has 0 spiro atoms. The molecule has 3 fully saturated rings. The standard InChI is InChI=1S/C46H51N9O6/c1-25-19-28(9-12-32(25)26(2)49-43(58)44-52-45(53-61-44)46(3,4)5)40-39-33-22-37(59-6)35(23-34(33)50-41(39)48-24-47-40)55-17-15-54(16-18-55)30-20-29(21-30)27-7-10-31(11-8-27)60-36-13-14-38(56)51-42(36)57/h7-12,19,22-24,26,29-30,36H,13-18,20-21H2,1-6H3,(H,49,58)(H,47,48,50)(H,51,56,57)/t26-,29?,30?,36-/m1/s1. The van der Waals surface area contributed by atoms with Crippen molar-refractivity contribution in [2.75, 3.05) is 38.2 Å². The van der Waals surface area contributed by atoms with E-state index in [4.69, 9.17) is 19.0 Å². The second kappa shape index (κ2) is 15.9. The molecule has 316 valence electrons. The Hall–Kier alpha value is -6.35. The molecule has 9 rings (SSSR count). The van der Waals surface area contributed by atoms with Crippen LogP contribution in [-0.2, 0) is 15.0 Å². The van der Waals surface area contributed by atoms with Gasteiger partial charge in [-0.3, -0.25) is 24.6 Å². The number of nitrogens with zero attached hydrogens (tertiary/aromatic N) is 6. The van der Waals surface area contributed by atoms with E-state index in [1.165, 1.54) is 5.56 Å². The highest BCUT2D eigenvalue weighted by Gasteiger charge is 2.36. The van der Waals surface area contributed by atoms with Crippen molar-refractivity contribution >= 4 is 45.3 Å². The maximum absolute atomic E-state index is 13.0. The number of aromatic amines is 1. The first kappa shape index (κ1) is 40.1. The van der Waals surface area contributed by atoms with Gasteiger partial charge in [-0.25, -0.2) is 9.97 Å². The van der Waals surface area contributed by atoms with Gasteiger partial charge in [-0.05, 0) is 79.6 Å². The maximum Gasteiger partial charge on any atom is 0.315 e. The maximum atomic E-state index is 13.0. The normalized spacial score (nSPS) is 20.4. The topological polar surface area (TPSA) is 181 Å². The van der Waals surface area contributed by atoms with Crippen molar-refractivity contribution in [1.29, 1.82) is 0 Å². The fraction of sp³-hybridized carbons (Fsp3) is 0.413. The number of benzene rings is 3. The number of imide groups is 1. The van der Waals surface area contributed by atoms with Crippen LogP contribution in [0.15, 0.2) is 65.4 Å². The Morgan fingerprint density at radius 1 is 1.00 bits per heavy atom. The summed E-state index contributed by atoms with van der Waals surface area (Å²) in [6.07, 6.45) is 3.87. The third kappa shape index (κ3) is 7.89. The molecular weight excluding hydrogens is 775 g/mol. The highest BCUT2D eigenvalue weighted by atomic mass is 16.5. The van der Waals surface area contributed by atoms with Crippen molar-refractivity contribution in [3.05, 3.63) is 89.3 Å². The number of hydrogen-bond donors (Lipinski definition) is 3. The molecule has 1 saturated carbocycles. The number of fused-ring (bicyclic) bond motifs is 3. The van der Waals surface area contributed by atoms with Gasteiger partial charge in [0.25, 0.3) is 5.91 Å². The molecule has 15 nitrogen and oxygen atoms in total. The molecule has 0 unspecified atom stereocenters. The Morgan fingerprint density at radius 3 is 2.46 bits per heavy atom. The van der Waals surface area contributed by atoms with E-state index in [0.717, 1.165) is 94.8 Å². The van der Waals surface area contributed by atoms with Gasteiger partial charge in [0.05, 0.1) is 35.4 Å². The van der Waals surface area contributed by atoms with Crippen LogP contribution in [-0.4, -0.2) is 93.1 Å². The van der Waals surface area contributed by atoms with E-state index in [9.17, 15) is 14.4 Å². The minimum Gasteiger partial charge on any atom is -0.495 e. The number of rotatable bonds is 10. The predicted molar refractivity (Wildman–Crippen MR) is 230 cm³/mol. The molecule has 3 aromatic heterocycles. The molecule has 61 heavy (non-hydrogen) atoms. The van der Waals surface area contributed by atoms with Crippen molar-refractivity contribution in [1.82, 2.24) is 40.6 Å². The van der Waals surface area contributed by atoms with E-state index < -0.39 is 12.0 Å². The monoisotopic (exact) mass is 825 g/mol. The number of carbonyl (C=O) groups is 3. The number of H-pyrrole nitrogens is 1. The number of carbonyl (C=O) groups excluding carboxylic acids is 3. The van der Waals surface area contributed by atoms with Gasteiger partial charge in [-0.15, -0.1) is 0 Å². The van der Waals surface area contributed by atoms with Gasteiger partial charge < -0.3 is 29.2 Å². The van der Waals surface area contributed by atoms with E-state index in [1.54, 1.807) is 13.4 Å². The number of aromatic nitrogens is 5. The van der Waals surface area contributed by atoms with Crippen LogP contribution in [0.4, 0.5) is 5.69 Å². The minimum absolute atomic E-state index is 0.0554. The third-order valence-corrected chi connectivity index (χ3v) is 12.4. The molecule has 2 atom stereocenters. The number of piperidine rings is 1.